The molecule has 0 N–H and O–H groups in total. The van der Waals surface area contributed by atoms with Crippen molar-refractivity contribution >= 4 is 23.9 Å². The van der Waals surface area contributed by atoms with Gasteiger partial charge in [-0.05, 0) is 65.2 Å². The molecular weight excluding hydrogens is 341 g/mol. The molecule has 28 heavy (non-hydrogen) atoms. The zero-order chi connectivity index (χ0) is 19.8. The highest BCUT2D eigenvalue weighted by Gasteiger charge is 2.42. The van der Waals surface area contributed by atoms with E-state index in [1.807, 2.05) is 0 Å². The SMILES string of the molecule is Cc1ccc2c(c1)OB(c1c(C(C)C)cccc1C(C)C)N2c1ccccc1. The third kappa shape index (κ3) is 3.19. The van der Waals surface area contributed by atoms with Gasteiger partial charge in [0.2, 0.25) is 0 Å². The highest BCUT2D eigenvalue weighted by atomic mass is 16.5. The van der Waals surface area contributed by atoms with E-state index in [1.54, 1.807) is 0 Å². The van der Waals surface area contributed by atoms with Crippen LogP contribution in [0, 0.1) is 6.92 Å². The molecule has 0 aromatic heterocycles. The summed E-state index contributed by atoms with van der Waals surface area (Å²) < 4.78 is 6.65. The van der Waals surface area contributed by atoms with Crippen molar-refractivity contribution in [1.29, 1.82) is 0 Å². The van der Waals surface area contributed by atoms with Gasteiger partial charge in [-0.3, -0.25) is 0 Å². The van der Waals surface area contributed by atoms with Gasteiger partial charge in [-0.2, -0.15) is 0 Å². The molecule has 0 amide bonds. The summed E-state index contributed by atoms with van der Waals surface area (Å²) in [4.78, 5) is 2.35. The molecule has 0 atom stereocenters. The first kappa shape index (κ1) is 18.7. The van der Waals surface area contributed by atoms with Crippen LogP contribution in [0.25, 0.3) is 0 Å². The van der Waals surface area contributed by atoms with Gasteiger partial charge in [0.05, 0.1) is 5.69 Å². The molecule has 0 spiro atoms. The first-order chi connectivity index (χ1) is 13.5. The molecule has 0 aliphatic carbocycles. The first-order valence-corrected chi connectivity index (χ1v) is 10.2. The van der Waals surface area contributed by atoms with Crippen molar-refractivity contribution in [1.82, 2.24) is 0 Å². The standard InChI is InChI=1S/C25H28BNO/c1-17(2)21-12-9-13-22(18(3)4)25(21)26-27(20-10-7-6-8-11-20)23-15-14-19(5)16-24(23)28-26/h6-18H,1-5H3. The van der Waals surface area contributed by atoms with Crippen LogP contribution >= 0.6 is 0 Å². The molecule has 1 aliphatic heterocycles. The normalized spacial score (nSPS) is 13.2. The summed E-state index contributed by atoms with van der Waals surface area (Å²) in [6.45, 7) is 11.2. The fourth-order valence-electron chi connectivity index (χ4n) is 4.16. The maximum atomic E-state index is 6.65. The lowest BCUT2D eigenvalue weighted by Gasteiger charge is -2.27. The summed E-state index contributed by atoms with van der Waals surface area (Å²) in [6.07, 6.45) is 0. The Balaban J connectivity index is 1.95. The molecule has 142 valence electrons. The van der Waals surface area contributed by atoms with E-state index >= 15 is 0 Å². The molecule has 0 saturated heterocycles. The van der Waals surface area contributed by atoms with Crippen LogP contribution in [0.2, 0.25) is 0 Å². The van der Waals surface area contributed by atoms with Gasteiger partial charge in [0.1, 0.15) is 5.75 Å². The molecule has 0 unspecified atom stereocenters. The van der Waals surface area contributed by atoms with Crippen molar-refractivity contribution in [2.45, 2.75) is 46.5 Å². The van der Waals surface area contributed by atoms with Crippen LogP contribution in [0.5, 0.6) is 5.75 Å². The molecule has 3 aromatic rings. The molecule has 2 nitrogen and oxygen atoms in total. The lowest BCUT2D eigenvalue weighted by atomic mass is 9.64. The summed E-state index contributed by atoms with van der Waals surface area (Å²) in [5.41, 5.74) is 7.54. The molecule has 3 aromatic carbocycles. The van der Waals surface area contributed by atoms with Gasteiger partial charge in [0, 0.05) is 5.69 Å². The summed E-state index contributed by atoms with van der Waals surface area (Å²) >= 11 is 0. The number of nitrogens with zero attached hydrogens (tertiary/aromatic N) is 1. The van der Waals surface area contributed by atoms with Crippen LogP contribution in [0.3, 0.4) is 0 Å². The Morgan fingerprint density at radius 3 is 2.04 bits per heavy atom. The molecule has 0 bridgehead atoms. The Morgan fingerprint density at radius 1 is 0.786 bits per heavy atom. The van der Waals surface area contributed by atoms with Crippen molar-refractivity contribution in [2.75, 3.05) is 4.81 Å². The van der Waals surface area contributed by atoms with E-state index in [0.29, 0.717) is 11.8 Å². The van der Waals surface area contributed by atoms with Gasteiger partial charge in [-0.1, -0.05) is 70.2 Å². The fourth-order valence-corrected chi connectivity index (χ4v) is 4.16. The largest absolute Gasteiger partial charge is 0.536 e. The topological polar surface area (TPSA) is 12.5 Å². The van der Waals surface area contributed by atoms with Gasteiger partial charge in [-0.15, -0.1) is 0 Å². The van der Waals surface area contributed by atoms with Gasteiger partial charge in [0.15, 0.2) is 0 Å². The Bertz CT molecular complexity index is 955. The first-order valence-electron chi connectivity index (χ1n) is 10.2. The monoisotopic (exact) mass is 369 g/mol. The Kier molecular flexibility index (Phi) is 4.93. The number of aryl methyl sites for hydroxylation is 1. The highest BCUT2D eigenvalue weighted by Crippen LogP contribution is 2.42. The van der Waals surface area contributed by atoms with Crippen LogP contribution in [0.15, 0.2) is 66.7 Å². The molecule has 0 fully saturated rings. The molecular formula is C25H28BNO. The summed E-state index contributed by atoms with van der Waals surface area (Å²) in [6, 6.07) is 23.8. The number of anilines is 2. The van der Waals surface area contributed by atoms with E-state index in [9.17, 15) is 0 Å². The third-order valence-electron chi connectivity index (χ3n) is 5.55. The lowest BCUT2D eigenvalue weighted by molar-refractivity contribution is 0.601. The van der Waals surface area contributed by atoms with E-state index in [-0.39, 0.29) is 7.05 Å². The summed E-state index contributed by atoms with van der Waals surface area (Å²) in [5, 5.41) is 0. The zero-order valence-corrected chi connectivity index (χ0v) is 17.4. The highest BCUT2D eigenvalue weighted by molar-refractivity contribution is 6.75. The summed E-state index contributed by atoms with van der Waals surface area (Å²) in [7, 11) is -0.157. The molecule has 4 rings (SSSR count). The number of benzene rings is 3. The molecule has 3 heteroatoms. The van der Waals surface area contributed by atoms with E-state index in [4.69, 9.17) is 4.65 Å². The Hall–Kier alpha value is -2.68. The molecule has 1 heterocycles. The van der Waals surface area contributed by atoms with Crippen LogP contribution in [0.1, 0.15) is 56.2 Å². The number of rotatable bonds is 4. The van der Waals surface area contributed by atoms with Crippen molar-refractivity contribution in [3.8, 4) is 5.75 Å². The predicted molar refractivity (Wildman–Crippen MR) is 120 cm³/mol. The van der Waals surface area contributed by atoms with Gasteiger partial charge in [-0.25, -0.2) is 0 Å². The van der Waals surface area contributed by atoms with E-state index in [1.165, 1.54) is 22.2 Å². The van der Waals surface area contributed by atoms with Crippen molar-refractivity contribution in [2.24, 2.45) is 0 Å². The van der Waals surface area contributed by atoms with E-state index < -0.39 is 0 Å². The van der Waals surface area contributed by atoms with Gasteiger partial charge < -0.3 is 9.47 Å². The van der Waals surface area contributed by atoms with Crippen LogP contribution in [-0.4, -0.2) is 7.05 Å². The van der Waals surface area contributed by atoms with Crippen LogP contribution < -0.4 is 14.9 Å². The maximum Gasteiger partial charge on any atom is 0.524 e. The van der Waals surface area contributed by atoms with Gasteiger partial charge in [0.25, 0.3) is 0 Å². The minimum Gasteiger partial charge on any atom is -0.536 e. The third-order valence-corrected chi connectivity index (χ3v) is 5.55. The average molecular weight is 369 g/mol. The van der Waals surface area contributed by atoms with Crippen LogP contribution in [-0.2, 0) is 0 Å². The number of hydrogen-bond acceptors (Lipinski definition) is 2. The second-order valence-corrected chi connectivity index (χ2v) is 8.31. The van der Waals surface area contributed by atoms with Crippen molar-refractivity contribution in [3.05, 3.63) is 83.4 Å². The second-order valence-electron chi connectivity index (χ2n) is 8.31. The molecule has 0 saturated carbocycles. The smallest absolute Gasteiger partial charge is 0.524 e. The van der Waals surface area contributed by atoms with Crippen molar-refractivity contribution < 1.29 is 4.65 Å². The van der Waals surface area contributed by atoms with E-state index in [2.05, 4.69) is 106 Å². The average Bonchev–Trinajstić information content (AvgIpc) is 3.06. The minimum atomic E-state index is -0.157. The summed E-state index contributed by atoms with van der Waals surface area (Å²) in [5.74, 6) is 1.82. The number of fused-ring (bicyclic) bond motifs is 1. The molecule has 0 radical (unpaired) electrons. The quantitative estimate of drug-likeness (QED) is 0.510. The fraction of sp³-hybridized carbons (Fsp3) is 0.280. The Morgan fingerprint density at radius 2 is 1.43 bits per heavy atom. The lowest BCUT2D eigenvalue weighted by Crippen LogP contribution is -2.50. The van der Waals surface area contributed by atoms with Gasteiger partial charge >= 0.3 is 7.05 Å². The van der Waals surface area contributed by atoms with Crippen molar-refractivity contribution in [3.63, 3.8) is 0 Å². The number of para-hydroxylation sites is 1. The zero-order valence-electron chi connectivity index (χ0n) is 17.4. The van der Waals surface area contributed by atoms with Crippen LogP contribution in [0.4, 0.5) is 11.4 Å². The number of hydrogen-bond donors (Lipinski definition) is 0. The maximum absolute atomic E-state index is 6.65. The second kappa shape index (κ2) is 7.39. The van der Waals surface area contributed by atoms with E-state index in [0.717, 1.165) is 17.1 Å². The minimum absolute atomic E-state index is 0.157. The Labute approximate surface area is 169 Å². The molecule has 1 aliphatic rings. The predicted octanol–water partition coefficient (Wildman–Crippen LogP) is 6.17.